The van der Waals surface area contributed by atoms with Gasteiger partial charge in [-0.1, -0.05) is 376 Å². The molecular formula is C122H79N3. The Morgan fingerprint density at radius 2 is 0.392 bits per heavy atom. The van der Waals surface area contributed by atoms with Crippen molar-refractivity contribution in [1.29, 1.82) is 0 Å². The highest BCUT2D eigenvalue weighted by Gasteiger charge is 2.20. The van der Waals surface area contributed by atoms with Crippen molar-refractivity contribution >= 4 is 152 Å². The van der Waals surface area contributed by atoms with Crippen LogP contribution in [0.4, 0.5) is 0 Å². The van der Waals surface area contributed by atoms with Gasteiger partial charge in [-0.2, -0.15) is 0 Å². The second-order valence-corrected chi connectivity index (χ2v) is 33.0. The average Bonchev–Trinajstić information content (AvgIpc) is 1.71. The molecule has 0 atom stereocenters. The van der Waals surface area contributed by atoms with Crippen LogP contribution in [-0.2, 0) is 0 Å². The van der Waals surface area contributed by atoms with Gasteiger partial charge in [-0.25, -0.2) is 0 Å². The van der Waals surface area contributed by atoms with E-state index in [1.165, 1.54) is 235 Å². The van der Waals surface area contributed by atoms with Crippen molar-refractivity contribution in [2.45, 2.75) is 0 Å². The van der Waals surface area contributed by atoms with E-state index in [0.717, 1.165) is 0 Å². The zero-order valence-electron chi connectivity index (χ0n) is 68.5. The van der Waals surface area contributed by atoms with Crippen molar-refractivity contribution in [3.63, 3.8) is 0 Å². The van der Waals surface area contributed by atoms with E-state index in [-0.39, 0.29) is 0 Å². The lowest BCUT2D eigenvalue weighted by Crippen LogP contribution is -1.95. The van der Waals surface area contributed by atoms with Gasteiger partial charge < -0.3 is 13.7 Å². The maximum Gasteiger partial charge on any atom is 0.0541 e. The molecule has 125 heavy (non-hydrogen) atoms. The molecule has 0 spiro atoms. The summed E-state index contributed by atoms with van der Waals surface area (Å²) in [6, 6.07) is 175. The van der Waals surface area contributed by atoms with Gasteiger partial charge in [0.1, 0.15) is 0 Å². The Labute approximate surface area is 723 Å². The Morgan fingerprint density at radius 1 is 0.112 bits per heavy atom. The van der Waals surface area contributed by atoms with Crippen LogP contribution in [0.3, 0.4) is 0 Å². The molecule has 0 fully saturated rings. The number of fused-ring (bicyclic) bond motifs is 20. The first-order valence-electron chi connectivity index (χ1n) is 43.2. The predicted octanol–water partition coefficient (Wildman–Crippen LogP) is 33.6. The summed E-state index contributed by atoms with van der Waals surface area (Å²) in [6.45, 7) is 0. The number of nitrogens with zero attached hydrogens (tertiary/aromatic N) is 3. The summed E-state index contributed by atoms with van der Waals surface area (Å²) in [6.07, 6.45) is 0. The van der Waals surface area contributed by atoms with Gasteiger partial charge in [0.15, 0.2) is 0 Å². The molecule has 26 rings (SSSR count). The molecule has 26 aromatic rings. The standard InChI is InChI=1S/C46H29N.2C38H25N/c1-2-15-35-30(11-1)12-10-22-44(35)47-45-21-8-7-20-41(45)43-29-34(24-26-46(43)47)32-14-9-13-31(27-32)33-23-25-40-38-18-4-3-16-36(38)37-17-5-6-19-39(37)42(40)28-33;1-3-9-30-23-32(18-17-26(30)7-1)28-13-15-29(16-14-28)33-20-22-38-36(25-33)35-11-5-6-12-37(35)39(38)34-21-19-27-8-2-4-10-31(27)24-34;1-2-10-30-24-32(22-20-26(30)8-1)39-37-15-6-5-13-35(37)36-25-31(21-23-38(36)39)27-16-18-29(19-17-27)34-14-7-11-28-9-3-4-12-33(28)34/h1-29H;2*1-25H. The van der Waals surface area contributed by atoms with Gasteiger partial charge in [0.2, 0.25) is 0 Å². The third-order valence-corrected chi connectivity index (χ3v) is 25.9. The molecule has 3 aromatic heterocycles. The molecule has 0 aliphatic rings. The van der Waals surface area contributed by atoms with E-state index in [9.17, 15) is 0 Å². The SMILES string of the molecule is c1cc(-c2ccc3c4ccccc4c4ccccc4c3c2)cc(-c2ccc3c(c2)c2ccccc2n3-c2cccc3ccccc23)c1.c1ccc2cc(-c3ccc(-c4ccc5c(c4)c4ccccc4n5-c4ccc5ccccc5c4)cc3)ccc2c1.c1ccc2cc(-n3c4ccccc4c4cc(-c5ccc(-c6cccc7ccccc67)cc5)ccc43)ccc2c1. The van der Waals surface area contributed by atoms with Crippen LogP contribution >= 0.6 is 0 Å². The highest BCUT2D eigenvalue weighted by molar-refractivity contribution is 6.26. The van der Waals surface area contributed by atoms with Gasteiger partial charge >= 0.3 is 0 Å². The first-order chi connectivity index (χ1) is 62.0. The van der Waals surface area contributed by atoms with Crippen LogP contribution in [0.25, 0.3) is 235 Å². The second-order valence-electron chi connectivity index (χ2n) is 33.0. The highest BCUT2D eigenvalue weighted by Crippen LogP contribution is 2.44. The summed E-state index contributed by atoms with van der Waals surface area (Å²) in [5, 5.41) is 28.1. The van der Waals surface area contributed by atoms with Crippen molar-refractivity contribution in [2.24, 2.45) is 0 Å². The van der Waals surface area contributed by atoms with Crippen LogP contribution in [0, 0.1) is 0 Å². The second kappa shape index (κ2) is 30.4. The van der Waals surface area contributed by atoms with E-state index in [0.29, 0.717) is 0 Å². The van der Waals surface area contributed by atoms with E-state index in [2.05, 4.69) is 493 Å². The first-order valence-corrected chi connectivity index (χ1v) is 43.2. The van der Waals surface area contributed by atoms with E-state index < -0.39 is 0 Å². The smallest absolute Gasteiger partial charge is 0.0541 e. The number of hydrogen-bond acceptors (Lipinski definition) is 0. The van der Waals surface area contributed by atoms with Gasteiger partial charge in [-0.3, -0.25) is 0 Å². The summed E-state index contributed by atoms with van der Waals surface area (Å²) in [4.78, 5) is 0. The predicted molar refractivity (Wildman–Crippen MR) is 535 cm³/mol. The van der Waals surface area contributed by atoms with Crippen LogP contribution in [-0.4, -0.2) is 13.7 Å². The maximum atomic E-state index is 2.43. The van der Waals surface area contributed by atoms with Crippen LogP contribution in [0.15, 0.2) is 479 Å². The van der Waals surface area contributed by atoms with Gasteiger partial charge in [-0.15, -0.1) is 0 Å². The van der Waals surface area contributed by atoms with E-state index >= 15 is 0 Å². The Balaban J connectivity index is 0.000000106. The molecule has 0 aliphatic carbocycles. The summed E-state index contributed by atoms with van der Waals surface area (Å²) >= 11 is 0. The quantitative estimate of drug-likeness (QED) is 0.128. The number of hydrogen-bond donors (Lipinski definition) is 0. The highest BCUT2D eigenvalue weighted by atomic mass is 15.0. The van der Waals surface area contributed by atoms with Crippen molar-refractivity contribution in [1.82, 2.24) is 13.7 Å². The van der Waals surface area contributed by atoms with Gasteiger partial charge in [0.05, 0.1) is 38.8 Å². The zero-order valence-corrected chi connectivity index (χ0v) is 68.5. The molecular weight excluding hydrogens is 1510 g/mol. The largest absolute Gasteiger partial charge is 0.309 e. The van der Waals surface area contributed by atoms with E-state index in [1.807, 2.05) is 0 Å². The van der Waals surface area contributed by atoms with E-state index in [1.54, 1.807) is 0 Å². The molecule has 0 saturated heterocycles. The molecule has 0 N–H and O–H groups in total. The normalized spacial score (nSPS) is 11.7. The van der Waals surface area contributed by atoms with Crippen LogP contribution < -0.4 is 0 Å². The maximum absolute atomic E-state index is 2.43. The van der Waals surface area contributed by atoms with Crippen molar-refractivity contribution in [3.8, 4) is 83.8 Å². The fourth-order valence-electron chi connectivity index (χ4n) is 19.8. The lowest BCUT2D eigenvalue weighted by molar-refractivity contribution is 1.19. The fourth-order valence-corrected chi connectivity index (χ4v) is 19.8. The first kappa shape index (κ1) is 72.5. The van der Waals surface area contributed by atoms with Crippen LogP contribution in [0.2, 0.25) is 0 Å². The molecule has 23 aromatic carbocycles. The Hall–Kier alpha value is -16.5. The molecule has 3 heterocycles. The molecule has 0 radical (unpaired) electrons. The molecule has 0 amide bonds. The zero-order chi connectivity index (χ0) is 82.4. The number of para-hydroxylation sites is 3. The third kappa shape index (κ3) is 12.7. The van der Waals surface area contributed by atoms with Crippen molar-refractivity contribution in [3.05, 3.63) is 479 Å². The van der Waals surface area contributed by atoms with Gasteiger partial charge in [-0.05, 0) is 251 Å². The molecule has 3 heteroatoms. The summed E-state index contributed by atoms with van der Waals surface area (Å²) in [7, 11) is 0. The average molecular weight is 1590 g/mol. The van der Waals surface area contributed by atoms with E-state index in [4.69, 9.17) is 0 Å². The summed E-state index contributed by atoms with van der Waals surface area (Å²) in [5.74, 6) is 0. The molecule has 0 saturated carbocycles. The molecule has 3 nitrogen and oxygen atoms in total. The molecule has 0 bridgehead atoms. The Kier molecular flexibility index (Phi) is 17.6. The van der Waals surface area contributed by atoms with Gasteiger partial charge in [0, 0.05) is 49.1 Å². The van der Waals surface area contributed by atoms with Crippen LogP contribution in [0.5, 0.6) is 0 Å². The number of rotatable bonds is 9. The molecule has 0 aliphatic heterocycles. The van der Waals surface area contributed by atoms with Gasteiger partial charge in [0.25, 0.3) is 0 Å². The minimum Gasteiger partial charge on any atom is -0.309 e. The summed E-state index contributed by atoms with van der Waals surface area (Å²) in [5.41, 5.74) is 25.7. The van der Waals surface area contributed by atoms with Crippen molar-refractivity contribution < 1.29 is 0 Å². The summed E-state index contributed by atoms with van der Waals surface area (Å²) < 4.78 is 7.21. The fraction of sp³-hybridized carbons (Fsp3) is 0. The topological polar surface area (TPSA) is 14.8 Å². The lowest BCUT2D eigenvalue weighted by Gasteiger charge is -2.13. The molecule has 582 valence electrons. The van der Waals surface area contributed by atoms with Crippen molar-refractivity contribution in [2.75, 3.05) is 0 Å². The number of aromatic nitrogens is 3. The third-order valence-electron chi connectivity index (χ3n) is 25.9. The van der Waals surface area contributed by atoms with Crippen LogP contribution in [0.1, 0.15) is 0 Å². The minimum absolute atomic E-state index is 1.19. The lowest BCUT2D eigenvalue weighted by atomic mass is 9.91. The molecule has 0 unspecified atom stereocenters. The minimum atomic E-state index is 1.19. The monoisotopic (exact) mass is 1590 g/mol. The number of benzene rings is 23. The Morgan fingerprint density at radius 3 is 0.880 bits per heavy atom. The Bertz CT molecular complexity index is 8740.